The zero-order chi connectivity index (χ0) is 24.5. The molecule has 2 aromatic carbocycles. The molecule has 0 aromatic heterocycles. The Morgan fingerprint density at radius 3 is 2.12 bits per heavy atom. The monoisotopic (exact) mass is 482 g/mol. The molecule has 2 aliphatic heterocycles. The first-order valence-electron chi connectivity index (χ1n) is 11.4. The number of amides is 2. The first-order chi connectivity index (χ1) is 16.2. The zero-order valence-electron chi connectivity index (χ0n) is 19.8. The summed E-state index contributed by atoms with van der Waals surface area (Å²) < 4.78 is 12.9. The van der Waals surface area contributed by atoms with Crippen LogP contribution in [0.4, 0.5) is 9.59 Å². The van der Waals surface area contributed by atoms with E-state index in [4.69, 9.17) is 9.47 Å². The van der Waals surface area contributed by atoms with Gasteiger partial charge in [-0.15, -0.1) is 0 Å². The van der Waals surface area contributed by atoms with E-state index in [1.807, 2.05) is 67.6 Å². The van der Waals surface area contributed by atoms with Gasteiger partial charge in [-0.3, -0.25) is 9.10 Å². The molecule has 3 atom stereocenters. The number of ether oxygens (including phenoxy) is 2. The summed E-state index contributed by atoms with van der Waals surface area (Å²) in [6, 6.07) is 18.2. The third-order valence-electron chi connectivity index (χ3n) is 5.74. The van der Waals surface area contributed by atoms with Gasteiger partial charge in [0, 0.05) is 10.7 Å². The second kappa shape index (κ2) is 9.62. The van der Waals surface area contributed by atoms with Crippen LogP contribution in [0.5, 0.6) is 0 Å². The van der Waals surface area contributed by atoms with Gasteiger partial charge in [0.2, 0.25) is 0 Å². The van der Waals surface area contributed by atoms with E-state index in [2.05, 4.69) is 5.32 Å². The van der Waals surface area contributed by atoms with Crippen molar-refractivity contribution >= 4 is 32.8 Å². The van der Waals surface area contributed by atoms with Crippen molar-refractivity contribution in [3.8, 4) is 0 Å². The number of hydrogen-bond acceptors (Lipinski definition) is 5. The van der Waals surface area contributed by atoms with Crippen LogP contribution in [0, 0.1) is 0 Å². The highest BCUT2D eigenvalue weighted by Crippen LogP contribution is 2.44. The number of nitrogens with one attached hydrogen (secondary N) is 1. The van der Waals surface area contributed by atoms with Gasteiger partial charge in [-0.25, -0.2) is 9.59 Å². The summed E-state index contributed by atoms with van der Waals surface area (Å²) in [5.41, 5.74) is 1.05. The predicted molar refractivity (Wildman–Crippen MR) is 133 cm³/mol. The molecule has 0 aliphatic carbocycles. The van der Waals surface area contributed by atoms with Crippen molar-refractivity contribution in [2.75, 3.05) is 0 Å². The van der Waals surface area contributed by atoms with Crippen LogP contribution >= 0.6 is 10.7 Å². The molecule has 2 heterocycles. The largest absolute Gasteiger partial charge is 0.444 e. The van der Waals surface area contributed by atoms with E-state index in [1.165, 1.54) is 0 Å². The lowest BCUT2D eigenvalue weighted by Gasteiger charge is -2.50. The van der Waals surface area contributed by atoms with Crippen LogP contribution in [-0.4, -0.2) is 44.2 Å². The SMILES string of the molecule is CC1=S(C(=O)OC(c2ccccc2)c2ccccc2)N2C(=O)C(NC(=O)OC(C)(C)C)C2CC1. The Balaban J connectivity index is 1.54. The van der Waals surface area contributed by atoms with Gasteiger partial charge in [0.1, 0.15) is 11.6 Å². The van der Waals surface area contributed by atoms with Gasteiger partial charge in [0.25, 0.3) is 5.91 Å². The fourth-order valence-corrected chi connectivity index (χ4v) is 6.26. The Kier molecular flexibility index (Phi) is 6.79. The fraction of sp³-hybridized carbons (Fsp3) is 0.385. The number of β-lactam (4-membered cyclic amide) rings is 1. The fourth-order valence-electron chi connectivity index (χ4n) is 4.18. The molecular formula is C26H30N2O5S. The maximum absolute atomic E-state index is 13.5. The number of hydrogen-bond donors (Lipinski definition) is 1. The Bertz CT molecular complexity index is 1070. The smallest absolute Gasteiger partial charge is 0.408 e. The van der Waals surface area contributed by atoms with Crippen LogP contribution in [0.15, 0.2) is 60.7 Å². The number of fused-ring (bicyclic) bond motifs is 1. The Morgan fingerprint density at radius 1 is 1.03 bits per heavy atom. The number of rotatable bonds is 4. The second-order valence-corrected chi connectivity index (χ2v) is 11.4. The van der Waals surface area contributed by atoms with E-state index >= 15 is 0 Å². The summed E-state index contributed by atoms with van der Waals surface area (Å²) >= 11 is 0. The van der Waals surface area contributed by atoms with Gasteiger partial charge >= 0.3 is 11.4 Å². The van der Waals surface area contributed by atoms with E-state index in [1.54, 1.807) is 25.1 Å². The lowest BCUT2D eigenvalue weighted by Crippen LogP contribution is -2.70. The number of benzene rings is 2. The van der Waals surface area contributed by atoms with Crippen molar-refractivity contribution in [1.29, 1.82) is 0 Å². The topological polar surface area (TPSA) is 84.9 Å². The van der Waals surface area contributed by atoms with Crippen LogP contribution < -0.4 is 5.32 Å². The lowest BCUT2D eigenvalue weighted by atomic mass is 9.93. The minimum atomic E-state index is -1.13. The molecule has 34 heavy (non-hydrogen) atoms. The third kappa shape index (κ3) is 5.01. The minimum Gasteiger partial charge on any atom is -0.444 e. The average molecular weight is 483 g/mol. The van der Waals surface area contributed by atoms with Crippen molar-refractivity contribution in [2.45, 2.75) is 64.3 Å². The summed E-state index contributed by atoms with van der Waals surface area (Å²) in [5.74, 6) is -0.286. The number of alkyl carbamates (subject to hydrolysis) is 1. The van der Waals surface area contributed by atoms with Crippen LogP contribution in [0.1, 0.15) is 57.8 Å². The van der Waals surface area contributed by atoms with Crippen LogP contribution in [-0.2, 0) is 14.3 Å². The normalized spacial score (nSPS) is 22.0. The molecule has 2 aromatic rings. The molecule has 0 saturated carbocycles. The van der Waals surface area contributed by atoms with Crippen molar-refractivity contribution in [3.63, 3.8) is 0 Å². The zero-order valence-corrected chi connectivity index (χ0v) is 20.6. The van der Waals surface area contributed by atoms with Crippen LogP contribution in [0.2, 0.25) is 0 Å². The van der Waals surface area contributed by atoms with Crippen LogP contribution in [0.3, 0.4) is 0 Å². The lowest BCUT2D eigenvalue weighted by molar-refractivity contribution is -0.141. The Hall–Kier alpha value is -3.13. The van der Waals surface area contributed by atoms with Gasteiger partial charge in [0.05, 0.1) is 6.04 Å². The maximum atomic E-state index is 13.5. The third-order valence-corrected chi connectivity index (χ3v) is 7.86. The molecule has 0 radical (unpaired) electrons. The summed E-state index contributed by atoms with van der Waals surface area (Å²) in [7, 11) is -1.13. The van der Waals surface area contributed by atoms with Gasteiger partial charge in [0.15, 0.2) is 6.10 Å². The molecule has 3 unspecified atom stereocenters. The Morgan fingerprint density at radius 2 is 1.59 bits per heavy atom. The van der Waals surface area contributed by atoms with Crippen molar-refractivity contribution in [2.24, 2.45) is 0 Å². The first-order valence-corrected chi connectivity index (χ1v) is 12.5. The highest BCUT2D eigenvalue weighted by atomic mass is 32.2. The number of carbonyl (C=O) groups excluding carboxylic acids is 3. The molecule has 2 aliphatic rings. The molecule has 1 fully saturated rings. The summed E-state index contributed by atoms with van der Waals surface area (Å²) in [6.07, 6.45) is 0.144. The maximum Gasteiger partial charge on any atom is 0.408 e. The molecule has 180 valence electrons. The molecule has 0 spiro atoms. The summed E-state index contributed by atoms with van der Waals surface area (Å²) in [5, 5.41) is 2.24. The molecule has 4 rings (SSSR count). The molecule has 2 amide bonds. The van der Waals surface area contributed by atoms with Gasteiger partial charge in [-0.1, -0.05) is 60.7 Å². The molecule has 8 heteroatoms. The van der Waals surface area contributed by atoms with Crippen LogP contribution in [0.25, 0.3) is 0 Å². The molecular weight excluding hydrogens is 452 g/mol. The average Bonchev–Trinajstić information content (AvgIpc) is 2.80. The van der Waals surface area contributed by atoms with E-state index in [-0.39, 0.29) is 11.9 Å². The highest BCUT2D eigenvalue weighted by molar-refractivity contribution is 8.26. The number of carbonyl (C=O) groups is 3. The quantitative estimate of drug-likeness (QED) is 0.368. The van der Waals surface area contributed by atoms with Crippen molar-refractivity contribution < 1.29 is 23.9 Å². The van der Waals surface area contributed by atoms with E-state index in [9.17, 15) is 14.4 Å². The van der Waals surface area contributed by atoms with E-state index in [0.29, 0.717) is 12.8 Å². The van der Waals surface area contributed by atoms with Gasteiger partial charge < -0.3 is 14.8 Å². The molecule has 1 N–H and O–H groups in total. The van der Waals surface area contributed by atoms with E-state index < -0.39 is 39.8 Å². The van der Waals surface area contributed by atoms with Crippen molar-refractivity contribution in [3.05, 3.63) is 71.8 Å². The summed E-state index contributed by atoms with van der Waals surface area (Å²) in [4.78, 5) is 39.6. The predicted octanol–water partition coefficient (Wildman–Crippen LogP) is 5.19. The molecule has 1 saturated heterocycles. The highest BCUT2D eigenvalue weighted by Gasteiger charge is 2.53. The van der Waals surface area contributed by atoms with E-state index in [0.717, 1.165) is 16.0 Å². The van der Waals surface area contributed by atoms with Crippen molar-refractivity contribution in [1.82, 2.24) is 9.62 Å². The number of nitrogens with zero attached hydrogens (tertiary/aromatic N) is 1. The summed E-state index contributed by atoms with van der Waals surface area (Å²) in [6.45, 7) is 7.19. The standard InChI is InChI=1S/C26H30N2O5S/c1-17-15-16-20-21(27-24(30)33-26(2,3)4)23(29)28(20)34(17)25(31)32-22(18-11-7-5-8-12-18)19-13-9-6-10-14-19/h5-14,20-22H,15-16H2,1-4H3,(H,27,30). The molecule has 7 nitrogen and oxygen atoms in total. The van der Waals surface area contributed by atoms with Gasteiger partial charge in [-0.05, 0) is 56.5 Å². The Labute approximate surface area is 202 Å². The minimum absolute atomic E-state index is 0.258. The van der Waals surface area contributed by atoms with Gasteiger partial charge in [-0.2, -0.15) is 0 Å². The second-order valence-electron chi connectivity index (χ2n) is 9.45. The first kappa shape index (κ1) is 24.0. The molecule has 0 bridgehead atoms.